The first-order valence-electron chi connectivity index (χ1n) is 7.50. The molecular weight excluding hydrogens is 346 g/mol. The lowest BCUT2D eigenvalue weighted by atomic mass is 10.1. The molecule has 10 nitrogen and oxygen atoms in total. The number of rotatable bonds is 7. The number of nitrogens with one attached hydrogen (secondary N) is 2. The molecule has 136 valence electrons. The molecule has 0 saturated carbocycles. The fourth-order valence-electron chi connectivity index (χ4n) is 1.96. The Bertz CT molecular complexity index is 844. The van der Waals surface area contributed by atoms with Crippen LogP contribution < -0.4 is 10.6 Å². The topological polar surface area (TPSA) is 141 Å². The second-order valence-electron chi connectivity index (χ2n) is 4.92. The zero-order chi connectivity index (χ0) is 19.1. The van der Waals surface area contributed by atoms with E-state index in [-0.39, 0.29) is 17.0 Å². The van der Waals surface area contributed by atoms with Crippen molar-refractivity contribution < 1.29 is 28.5 Å². The third-order valence-corrected chi connectivity index (χ3v) is 3.10. The van der Waals surface area contributed by atoms with Crippen LogP contribution in [-0.4, -0.2) is 35.9 Å². The Morgan fingerprint density at radius 2 is 1.92 bits per heavy atom. The van der Waals surface area contributed by atoms with Gasteiger partial charge in [0.1, 0.15) is 4.92 Å². The molecule has 0 aliphatic heterocycles. The number of esters is 1. The number of amides is 2. The predicted octanol–water partition coefficient (Wildman–Crippen LogP) is 1.73. The van der Waals surface area contributed by atoms with Crippen molar-refractivity contribution in [2.45, 2.75) is 6.92 Å². The number of ether oxygens (including phenoxy) is 1. The number of carbonyl (C=O) groups excluding carboxylic acids is 3. The fraction of sp³-hybridized carbons (Fsp3) is 0.188. The molecule has 10 heteroatoms. The van der Waals surface area contributed by atoms with E-state index in [4.69, 9.17) is 9.15 Å². The molecule has 0 aliphatic rings. The van der Waals surface area contributed by atoms with Gasteiger partial charge in [0, 0.05) is 6.54 Å². The highest BCUT2D eigenvalue weighted by Gasteiger charge is 2.20. The average molecular weight is 361 g/mol. The maximum absolute atomic E-state index is 12.1. The number of nitrogens with zero attached hydrogens (tertiary/aromatic N) is 1. The second-order valence-corrected chi connectivity index (χ2v) is 4.92. The molecule has 1 aromatic heterocycles. The van der Waals surface area contributed by atoms with Gasteiger partial charge in [-0.1, -0.05) is 12.1 Å². The van der Waals surface area contributed by atoms with Crippen molar-refractivity contribution >= 4 is 29.4 Å². The normalized spacial score (nSPS) is 10.0. The highest BCUT2D eigenvalue weighted by molar-refractivity contribution is 6.07. The standard InChI is InChI=1S/C16H15N3O7/c1-2-17-13(20)9-25-16(22)10-5-3-4-6-11(10)18-15(21)12-7-8-14(26-12)19(23)24/h3-8H,2,9H2,1H3,(H,17,20)(H,18,21). The summed E-state index contributed by atoms with van der Waals surface area (Å²) in [5, 5.41) is 15.5. The van der Waals surface area contributed by atoms with Crippen LogP contribution in [-0.2, 0) is 9.53 Å². The largest absolute Gasteiger partial charge is 0.452 e. The number of nitro groups is 1. The van der Waals surface area contributed by atoms with Crippen molar-refractivity contribution in [2.24, 2.45) is 0 Å². The summed E-state index contributed by atoms with van der Waals surface area (Å²) in [6.45, 7) is 1.67. The van der Waals surface area contributed by atoms with E-state index in [9.17, 15) is 24.5 Å². The summed E-state index contributed by atoms with van der Waals surface area (Å²) >= 11 is 0. The molecule has 1 aromatic carbocycles. The van der Waals surface area contributed by atoms with Crippen LogP contribution in [0.15, 0.2) is 40.8 Å². The van der Waals surface area contributed by atoms with Gasteiger partial charge in [0.25, 0.3) is 11.8 Å². The van der Waals surface area contributed by atoms with Crippen molar-refractivity contribution in [3.63, 3.8) is 0 Å². The van der Waals surface area contributed by atoms with E-state index >= 15 is 0 Å². The first kappa shape index (κ1) is 18.6. The minimum atomic E-state index is -0.808. The summed E-state index contributed by atoms with van der Waals surface area (Å²) in [5.74, 6) is -2.91. The molecule has 0 radical (unpaired) electrons. The van der Waals surface area contributed by atoms with Crippen molar-refractivity contribution in [3.8, 4) is 0 Å². The van der Waals surface area contributed by atoms with Gasteiger partial charge < -0.3 is 19.8 Å². The summed E-state index contributed by atoms with van der Waals surface area (Å²) in [6.07, 6.45) is 0. The minimum absolute atomic E-state index is 0.0196. The SMILES string of the molecule is CCNC(=O)COC(=O)c1ccccc1NC(=O)c1ccc([N+](=O)[O-])o1. The molecule has 2 N–H and O–H groups in total. The van der Waals surface area contributed by atoms with Crippen LogP contribution in [0.1, 0.15) is 27.8 Å². The molecule has 0 spiro atoms. The van der Waals surface area contributed by atoms with Gasteiger partial charge in [-0.3, -0.25) is 19.7 Å². The lowest BCUT2D eigenvalue weighted by Gasteiger charge is -2.10. The van der Waals surface area contributed by atoms with Crippen molar-refractivity contribution in [3.05, 3.63) is 57.8 Å². The van der Waals surface area contributed by atoms with E-state index in [2.05, 4.69) is 10.6 Å². The molecule has 0 bridgehead atoms. The smallest absolute Gasteiger partial charge is 0.433 e. The summed E-state index contributed by atoms with van der Waals surface area (Å²) in [4.78, 5) is 45.4. The molecule has 2 rings (SSSR count). The maximum Gasteiger partial charge on any atom is 0.433 e. The number of anilines is 1. The van der Waals surface area contributed by atoms with Crippen LogP contribution in [0.25, 0.3) is 0 Å². The van der Waals surface area contributed by atoms with E-state index in [1.54, 1.807) is 19.1 Å². The molecule has 2 aromatic rings. The zero-order valence-corrected chi connectivity index (χ0v) is 13.7. The molecule has 26 heavy (non-hydrogen) atoms. The van der Waals surface area contributed by atoms with Crippen molar-refractivity contribution in [1.29, 1.82) is 0 Å². The van der Waals surface area contributed by atoms with Gasteiger partial charge in [0.05, 0.1) is 17.3 Å². The number of benzene rings is 1. The number of likely N-dealkylation sites (N-methyl/N-ethyl adjacent to an activating group) is 1. The number of hydrogen-bond donors (Lipinski definition) is 2. The number of para-hydroxylation sites is 1. The van der Waals surface area contributed by atoms with E-state index in [1.165, 1.54) is 12.1 Å². The van der Waals surface area contributed by atoms with Crippen LogP contribution in [0.4, 0.5) is 11.6 Å². The van der Waals surface area contributed by atoms with Crippen molar-refractivity contribution in [1.82, 2.24) is 5.32 Å². The molecule has 0 saturated heterocycles. The molecule has 0 atom stereocenters. The van der Waals surface area contributed by atoms with E-state index < -0.39 is 35.2 Å². The molecule has 0 fully saturated rings. The number of carbonyl (C=O) groups is 3. The number of hydrogen-bond acceptors (Lipinski definition) is 7. The molecule has 0 unspecified atom stereocenters. The van der Waals surface area contributed by atoms with Gasteiger partial charge >= 0.3 is 11.9 Å². The average Bonchev–Trinajstić information content (AvgIpc) is 3.11. The zero-order valence-electron chi connectivity index (χ0n) is 13.7. The summed E-state index contributed by atoms with van der Waals surface area (Å²) in [5.41, 5.74) is 0.128. The summed E-state index contributed by atoms with van der Waals surface area (Å²) in [7, 11) is 0. The lowest BCUT2D eigenvalue weighted by molar-refractivity contribution is -0.402. The van der Waals surface area contributed by atoms with Crippen LogP contribution in [0.5, 0.6) is 0 Å². The molecule has 2 amide bonds. The van der Waals surface area contributed by atoms with Gasteiger partial charge in [-0.2, -0.15) is 0 Å². The maximum atomic E-state index is 12.1. The third-order valence-electron chi connectivity index (χ3n) is 3.10. The lowest BCUT2D eigenvalue weighted by Crippen LogP contribution is -2.28. The Hall–Kier alpha value is -3.69. The second kappa shape index (κ2) is 8.42. The van der Waals surface area contributed by atoms with Crippen LogP contribution in [0.3, 0.4) is 0 Å². The molecular formula is C16H15N3O7. The van der Waals surface area contributed by atoms with Gasteiger partial charge in [0.2, 0.25) is 0 Å². The highest BCUT2D eigenvalue weighted by Crippen LogP contribution is 2.20. The summed E-state index contributed by atoms with van der Waals surface area (Å²) in [6, 6.07) is 8.15. The Morgan fingerprint density at radius 1 is 1.19 bits per heavy atom. The fourth-order valence-corrected chi connectivity index (χ4v) is 1.96. The monoisotopic (exact) mass is 361 g/mol. The minimum Gasteiger partial charge on any atom is -0.452 e. The predicted molar refractivity (Wildman–Crippen MR) is 88.7 cm³/mol. The van der Waals surface area contributed by atoms with Crippen LogP contribution >= 0.6 is 0 Å². The highest BCUT2D eigenvalue weighted by atomic mass is 16.6. The van der Waals surface area contributed by atoms with Gasteiger partial charge in [-0.25, -0.2) is 4.79 Å². The van der Waals surface area contributed by atoms with Crippen molar-refractivity contribution in [2.75, 3.05) is 18.5 Å². The Morgan fingerprint density at radius 3 is 2.58 bits per heavy atom. The quantitative estimate of drug-likeness (QED) is 0.434. The Balaban J connectivity index is 2.10. The molecule has 0 aliphatic carbocycles. The first-order chi connectivity index (χ1) is 12.4. The molecule has 1 heterocycles. The van der Waals surface area contributed by atoms with Gasteiger partial charge in [-0.05, 0) is 25.1 Å². The van der Waals surface area contributed by atoms with Crippen LogP contribution in [0, 0.1) is 10.1 Å². The first-order valence-corrected chi connectivity index (χ1v) is 7.50. The van der Waals surface area contributed by atoms with E-state index in [1.807, 2.05) is 0 Å². The number of furan rings is 1. The third kappa shape index (κ3) is 4.66. The van der Waals surface area contributed by atoms with Crippen LogP contribution in [0.2, 0.25) is 0 Å². The Labute approximate surface area is 147 Å². The Kier molecular flexibility index (Phi) is 6.04. The van der Waals surface area contributed by atoms with E-state index in [0.717, 1.165) is 12.1 Å². The van der Waals surface area contributed by atoms with Gasteiger partial charge in [0.15, 0.2) is 12.4 Å². The van der Waals surface area contributed by atoms with E-state index in [0.29, 0.717) is 6.54 Å². The van der Waals surface area contributed by atoms with Gasteiger partial charge in [-0.15, -0.1) is 0 Å². The summed E-state index contributed by atoms with van der Waals surface area (Å²) < 4.78 is 9.70.